The first-order valence-electron chi connectivity index (χ1n) is 10.4. The van der Waals surface area contributed by atoms with Gasteiger partial charge in [-0.3, -0.25) is 9.59 Å². The molecule has 0 aliphatic rings. The van der Waals surface area contributed by atoms with Crippen LogP contribution >= 0.6 is 0 Å². The summed E-state index contributed by atoms with van der Waals surface area (Å²) in [4.78, 5) is 36.6. The van der Waals surface area contributed by atoms with Gasteiger partial charge in [-0.15, -0.1) is 0 Å². The van der Waals surface area contributed by atoms with Crippen molar-refractivity contribution in [1.29, 1.82) is 0 Å². The van der Waals surface area contributed by atoms with Gasteiger partial charge in [-0.2, -0.15) is 0 Å². The summed E-state index contributed by atoms with van der Waals surface area (Å²) >= 11 is 0. The Morgan fingerprint density at radius 3 is 2.06 bits per heavy atom. The summed E-state index contributed by atoms with van der Waals surface area (Å²) in [6.45, 7) is 3.58. The van der Waals surface area contributed by atoms with Crippen LogP contribution in [0.5, 0.6) is 5.75 Å². The van der Waals surface area contributed by atoms with Gasteiger partial charge in [-0.05, 0) is 66.4 Å². The van der Waals surface area contributed by atoms with Crippen LogP contribution in [0.1, 0.15) is 43.0 Å². The number of carboxylic acid groups (broad SMARTS) is 1. The Morgan fingerprint density at radius 2 is 1.48 bits per heavy atom. The number of carboxylic acids is 1. The first-order chi connectivity index (χ1) is 15.7. The molecule has 0 aliphatic carbocycles. The zero-order valence-electron chi connectivity index (χ0n) is 18.4. The molecule has 1 amide bonds. The zero-order valence-corrected chi connectivity index (χ0v) is 18.4. The number of phenols is 1. The number of aryl methyl sites for hydroxylation is 2. The van der Waals surface area contributed by atoms with Crippen molar-refractivity contribution in [1.82, 2.24) is 5.32 Å². The molecule has 0 spiro atoms. The average Bonchev–Trinajstić information content (AvgIpc) is 2.81. The van der Waals surface area contributed by atoms with Crippen LogP contribution in [-0.2, 0) is 11.2 Å². The molecule has 0 saturated heterocycles. The fraction of sp³-hybridized carbons (Fsp3) is 0.148. The Bertz CT molecular complexity index is 1170. The van der Waals surface area contributed by atoms with E-state index in [9.17, 15) is 24.6 Å². The first kappa shape index (κ1) is 23.5. The van der Waals surface area contributed by atoms with Crippen molar-refractivity contribution in [3.8, 4) is 5.75 Å². The third kappa shape index (κ3) is 6.17. The molecule has 0 fully saturated rings. The number of hydrogen-bond donors (Lipinski definition) is 3. The summed E-state index contributed by atoms with van der Waals surface area (Å²) in [7, 11) is 0. The van der Waals surface area contributed by atoms with Crippen molar-refractivity contribution in [2.24, 2.45) is 0 Å². The van der Waals surface area contributed by atoms with E-state index in [-0.39, 0.29) is 23.5 Å². The van der Waals surface area contributed by atoms with Crippen LogP contribution in [0.25, 0.3) is 6.08 Å². The number of phenolic OH excluding ortho intramolecular Hbond substituents is 1. The Morgan fingerprint density at radius 1 is 0.909 bits per heavy atom. The van der Waals surface area contributed by atoms with Gasteiger partial charge in [0.2, 0.25) is 0 Å². The summed E-state index contributed by atoms with van der Waals surface area (Å²) in [5.41, 5.74) is 3.71. The average molecular weight is 443 g/mol. The number of aromatic hydroxyl groups is 1. The minimum atomic E-state index is -1.12. The predicted octanol–water partition coefficient (Wildman–Crippen LogP) is 4.33. The normalized spacial score (nSPS) is 11.8. The van der Waals surface area contributed by atoms with Gasteiger partial charge in [0, 0.05) is 17.5 Å². The summed E-state index contributed by atoms with van der Waals surface area (Å²) < 4.78 is 0. The smallest absolute Gasteiger partial charge is 0.326 e. The van der Waals surface area contributed by atoms with Gasteiger partial charge in [0.05, 0.1) is 0 Å². The van der Waals surface area contributed by atoms with Gasteiger partial charge in [-0.25, -0.2) is 4.79 Å². The largest absolute Gasteiger partial charge is 0.507 e. The van der Waals surface area contributed by atoms with E-state index in [0.29, 0.717) is 5.56 Å². The number of hydrogen-bond acceptors (Lipinski definition) is 4. The number of ketones is 1. The molecule has 33 heavy (non-hydrogen) atoms. The third-order valence-corrected chi connectivity index (χ3v) is 5.26. The molecule has 3 aromatic carbocycles. The highest BCUT2D eigenvalue weighted by Crippen LogP contribution is 2.23. The number of rotatable bonds is 8. The SMILES string of the molecule is Cc1cc(C=CC(=O)c2ccc(C(=O)NC(Cc3ccccc3)C(=O)O)cc2)cc(C)c1O. The van der Waals surface area contributed by atoms with Crippen LogP contribution in [0.2, 0.25) is 0 Å². The van der Waals surface area contributed by atoms with Crippen molar-refractivity contribution in [3.05, 3.63) is 106 Å². The van der Waals surface area contributed by atoms with E-state index in [1.165, 1.54) is 30.3 Å². The Balaban J connectivity index is 1.66. The third-order valence-electron chi connectivity index (χ3n) is 5.26. The maximum absolute atomic E-state index is 12.5. The summed E-state index contributed by atoms with van der Waals surface area (Å²) in [6.07, 6.45) is 3.27. The van der Waals surface area contributed by atoms with Gasteiger partial charge in [-0.1, -0.05) is 48.5 Å². The molecule has 1 unspecified atom stereocenters. The maximum Gasteiger partial charge on any atom is 0.326 e. The van der Waals surface area contributed by atoms with Crippen LogP contribution in [0, 0.1) is 13.8 Å². The lowest BCUT2D eigenvalue weighted by molar-refractivity contribution is -0.139. The topological polar surface area (TPSA) is 104 Å². The minimum Gasteiger partial charge on any atom is -0.507 e. The van der Waals surface area contributed by atoms with E-state index < -0.39 is 17.9 Å². The van der Waals surface area contributed by atoms with E-state index in [0.717, 1.165) is 22.3 Å². The second kappa shape index (κ2) is 10.4. The predicted molar refractivity (Wildman–Crippen MR) is 126 cm³/mol. The van der Waals surface area contributed by atoms with Crippen LogP contribution in [-0.4, -0.2) is 33.9 Å². The van der Waals surface area contributed by atoms with Gasteiger partial charge in [0.1, 0.15) is 11.8 Å². The van der Waals surface area contributed by atoms with Gasteiger partial charge in [0.25, 0.3) is 5.91 Å². The maximum atomic E-state index is 12.5. The van der Waals surface area contributed by atoms with Crippen LogP contribution in [0.3, 0.4) is 0 Å². The van der Waals surface area contributed by atoms with E-state index in [2.05, 4.69) is 5.32 Å². The van der Waals surface area contributed by atoms with E-state index in [1.807, 2.05) is 18.2 Å². The van der Waals surface area contributed by atoms with Gasteiger partial charge in [0.15, 0.2) is 5.78 Å². The lowest BCUT2D eigenvalue weighted by atomic mass is 10.0. The summed E-state index contributed by atoms with van der Waals surface area (Å²) in [6, 6.07) is 17.6. The highest BCUT2D eigenvalue weighted by atomic mass is 16.4. The number of nitrogens with one attached hydrogen (secondary N) is 1. The van der Waals surface area contributed by atoms with Crippen LogP contribution < -0.4 is 5.32 Å². The molecule has 1 atom stereocenters. The monoisotopic (exact) mass is 443 g/mol. The lowest BCUT2D eigenvalue weighted by Crippen LogP contribution is -2.42. The molecule has 3 rings (SSSR count). The second-order valence-corrected chi connectivity index (χ2v) is 7.83. The molecule has 3 aromatic rings. The summed E-state index contributed by atoms with van der Waals surface area (Å²) in [5, 5.41) is 21.9. The fourth-order valence-corrected chi connectivity index (χ4v) is 3.43. The molecule has 0 saturated carbocycles. The molecule has 6 nitrogen and oxygen atoms in total. The summed E-state index contributed by atoms with van der Waals surface area (Å²) in [5.74, 6) is -1.65. The number of allylic oxidation sites excluding steroid dienone is 1. The van der Waals surface area contributed by atoms with Crippen molar-refractivity contribution in [3.63, 3.8) is 0 Å². The molecule has 0 heterocycles. The molecule has 168 valence electrons. The van der Waals surface area contributed by atoms with E-state index in [1.54, 1.807) is 44.2 Å². The van der Waals surface area contributed by atoms with E-state index >= 15 is 0 Å². The van der Waals surface area contributed by atoms with Gasteiger partial charge >= 0.3 is 5.97 Å². The van der Waals surface area contributed by atoms with Crippen LogP contribution in [0.15, 0.2) is 72.8 Å². The van der Waals surface area contributed by atoms with Crippen molar-refractivity contribution in [2.45, 2.75) is 26.3 Å². The standard InChI is InChI=1S/C27H25NO5/c1-17-14-20(15-18(2)25(17)30)8-13-24(29)21-9-11-22(12-10-21)26(31)28-23(27(32)33)16-19-6-4-3-5-7-19/h3-15,23,30H,16H2,1-2H3,(H,28,31)(H,32,33). The number of benzene rings is 3. The van der Waals surface area contributed by atoms with Crippen molar-refractivity contribution >= 4 is 23.7 Å². The molecule has 0 radical (unpaired) electrons. The first-order valence-corrected chi connectivity index (χ1v) is 10.4. The highest BCUT2D eigenvalue weighted by Gasteiger charge is 2.21. The Kier molecular flexibility index (Phi) is 7.41. The van der Waals surface area contributed by atoms with Crippen LogP contribution in [0.4, 0.5) is 0 Å². The minimum absolute atomic E-state index is 0.166. The number of amides is 1. The van der Waals surface area contributed by atoms with Gasteiger partial charge < -0.3 is 15.5 Å². The molecular weight excluding hydrogens is 418 g/mol. The molecule has 6 heteroatoms. The van der Waals surface area contributed by atoms with E-state index in [4.69, 9.17) is 0 Å². The van der Waals surface area contributed by atoms with Crippen molar-refractivity contribution < 1.29 is 24.6 Å². The molecule has 0 bridgehead atoms. The lowest BCUT2D eigenvalue weighted by Gasteiger charge is -2.15. The highest BCUT2D eigenvalue weighted by molar-refractivity contribution is 6.07. The fourth-order valence-electron chi connectivity index (χ4n) is 3.43. The zero-order chi connectivity index (χ0) is 24.0. The Labute approximate surface area is 192 Å². The number of aliphatic carboxylic acids is 1. The quantitative estimate of drug-likeness (QED) is 0.355. The van der Waals surface area contributed by atoms with Crippen molar-refractivity contribution in [2.75, 3.05) is 0 Å². The second-order valence-electron chi connectivity index (χ2n) is 7.83. The molecule has 0 aromatic heterocycles. The molecule has 0 aliphatic heterocycles. The number of carbonyl (C=O) groups is 3. The Hall–Kier alpha value is -4.19. The molecular formula is C27H25NO5. The molecule has 3 N–H and O–H groups in total. The number of carbonyl (C=O) groups excluding carboxylic acids is 2.